The number of carbonyl (C=O) groups excluding carboxylic acids is 2. The zero-order valence-corrected chi connectivity index (χ0v) is 16.7. The Kier molecular flexibility index (Phi) is 6.73. The molecular formula is C21H27ClFN3O2. The van der Waals surface area contributed by atoms with Crippen molar-refractivity contribution in [2.24, 2.45) is 11.8 Å². The van der Waals surface area contributed by atoms with Crippen LogP contribution in [-0.2, 0) is 9.59 Å². The fraction of sp³-hybridized carbons (Fsp3) is 0.524. The quantitative estimate of drug-likeness (QED) is 0.556. The molecule has 1 aliphatic carbocycles. The molecule has 2 saturated heterocycles. The minimum Gasteiger partial charge on any atom is -0.369 e. The van der Waals surface area contributed by atoms with Crippen molar-refractivity contribution in [1.82, 2.24) is 9.80 Å². The van der Waals surface area contributed by atoms with Gasteiger partial charge in [0.2, 0.25) is 11.8 Å². The Bertz CT molecular complexity index is 706. The van der Waals surface area contributed by atoms with Crippen molar-refractivity contribution < 1.29 is 14.0 Å². The van der Waals surface area contributed by atoms with Crippen LogP contribution < -0.4 is 4.90 Å². The van der Waals surface area contributed by atoms with Gasteiger partial charge in [-0.25, -0.2) is 4.39 Å². The largest absolute Gasteiger partial charge is 0.369 e. The molecule has 2 amide bonds. The second-order valence-electron chi connectivity index (χ2n) is 7.64. The zero-order chi connectivity index (χ0) is 18.8. The Morgan fingerprint density at radius 1 is 0.857 bits per heavy atom. The van der Waals surface area contributed by atoms with E-state index in [0.717, 1.165) is 44.8 Å². The average Bonchev–Trinajstić information content (AvgIpc) is 2.94. The molecule has 0 bridgehead atoms. The monoisotopic (exact) mass is 407 g/mol. The van der Waals surface area contributed by atoms with Gasteiger partial charge in [-0.3, -0.25) is 19.4 Å². The van der Waals surface area contributed by atoms with E-state index in [1.54, 1.807) is 0 Å². The molecule has 2 heterocycles. The van der Waals surface area contributed by atoms with Gasteiger partial charge >= 0.3 is 0 Å². The molecule has 2 aliphatic heterocycles. The van der Waals surface area contributed by atoms with Crippen molar-refractivity contribution in [1.29, 1.82) is 0 Å². The third-order valence-electron chi connectivity index (χ3n) is 6.02. The summed E-state index contributed by atoms with van der Waals surface area (Å²) in [5.41, 5.74) is 1.06. The smallest absolute Gasteiger partial charge is 0.233 e. The number of likely N-dealkylation sites (tertiary alicyclic amines) is 1. The minimum absolute atomic E-state index is 0. The van der Waals surface area contributed by atoms with Crippen molar-refractivity contribution in [2.75, 3.05) is 44.2 Å². The first kappa shape index (κ1) is 20.8. The highest BCUT2D eigenvalue weighted by atomic mass is 35.5. The number of allylic oxidation sites excluding steroid dienone is 2. The zero-order valence-electron chi connectivity index (χ0n) is 15.9. The normalized spacial score (nSPS) is 25.0. The molecule has 28 heavy (non-hydrogen) atoms. The second kappa shape index (κ2) is 9.05. The number of hydrogen-bond acceptors (Lipinski definition) is 4. The number of nitrogens with zero attached hydrogens (tertiary/aromatic N) is 3. The minimum atomic E-state index is -0.209. The standard InChI is InChI=1S/C21H26FN3O2.ClH/c22-16-6-8-17(9-7-16)24-14-12-23(13-15-24)10-3-11-25-20(26)18-4-1-2-5-19(18)21(25)27;/h1-2,6-9,18-19H,3-5,10-15H2;1H. The van der Waals surface area contributed by atoms with Crippen molar-refractivity contribution in [3.05, 3.63) is 42.2 Å². The molecule has 2 unspecified atom stereocenters. The van der Waals surface area contributed by atoms with Gasteiger partial charge in [0.15, 0.2) is 0 Å². The second-order valence-corrected chi connectivity index (χ2v) is 7.64. The number of hydrogen-bond donors (Lipinski definition) is 0. The predicted octanol–water partition coefficient (Wildman–Crippen LogP) is 2.71. The fourth-order valence-electron chi connectivity index (χ4n) is 4.42. The summed E-state index contributed by atoms with van der Waals surface area (Å²) in [4.78, 5) is 31.1. The maximum absolute atomic E-state index is 13.1. The predicted molar refractivity (Wildman–Crippen MR) is 109 cm³/mol. The van der Waals surface area contributed by atoms with Gasteiger partial charge in [-0.15, -0.1) is 12.4 Å². The first-order chi connectivity index (χ1) is 13.1. The molecule has 2 fully saturated rings. The molecule has 0 spiro atoms. The summed E-state index contributed by atoms with van der Waals surface area (Å²) >= 11 is 0. The van der Waals surface area contributed by atoms with Crippen molar-refractivity contribution in [3.63, 3.8) is 0 Å². The van der Waals surface area contributed by atoms with Gasteiger partial charge in [-0.05, 0) is 50.1 Å². The number of imide groups is 1. The third-order valence-corrected chi connectivity index (χ3v) is 6.02. The van der Waals surface area contributed by atoms with E-state index < -0.39 is 0 Å². The van der Waals surface area contributed by atoms with Crippen molar-refractivity contribution in [2.45, 2.75) is 19.3 Å². The van der Waals surface area contributed by atoms with Crippen LogP contribution >= 0.6 is 12.4 Å². The van der Waals surface area contributed by atoms with E-state index in [1.807, 2.05) is 24.3 Å². The van der Waals surface area contributed by atoms with Crippen LogP contribution in [-0.4, -0.2) is 60.9 Å². The first-order valence-corrected chi connectivity index (χ1v) is 9.86. The van der Waals surface area contributed by atoms with Crippen LogP contribution in [0.4, 0.5) is 10.1 Å². The lowest BCUT2D eigenvalue weighted by atomic mass is 9.85. The Labute approximate surface area is 171 Å². The number of halogens is 2. The van der Waals surface area contributed by atoms with E-state index in [1.165, 1.54) is 17.0 Å². The van der Waals surface area contributed by atoms with Gasteiger partial charge in [-0.2, -0.15) is 0 Å². The van der Waals surface area contributed by atoms with E-state index >= 15 is 0 Å². The van der Waals surface area contributed by atoms with Crippen LogP contribution in [0.2, 0.25) is 0 Å². The molecule has 0 N–H and O–H groups in total. The molecule has 1 aromatic carbocycles. The highest BCUT2D eigenvalue weighted by Crippen LogP contribution is 2.35. The molecule has 152 valence electrons. The highest BCUT2D eigenvalue weighted by Gasteiger charge is 2.46. The molecule has 3 aliphatic rings. The summed E-state index contributed by atoms with van der Waals surface area (Å²) in [5.74, 6) is -0.409. The van der Waals surface area contributed by atoms with Gasteiger partial charge in [0.05, 0.1) is 11.8 Å². The van der Waals surface area contributed by atoms with Crippen LogP contribution in [0.1, 0.15) is 19.3 Å². The maximum atomic E-state index is 13.1. The maximum Gasteiger partial charge on any atom is 0.233 e. The topological polar surface area (TPSA) is 43.9 Å². The number of benzene rings is 1. The van der Waals surface area contributed by atoms with E-state index in [0.29, 0.717) is 19.4 Å². The Morgan fingerprint density at radius 2 is 1.43 bits per heavy atom. The number of amides is 2. The van der Waals surface area contributed by atoms with Gasteiger partial charge in [0, 0.05) is 38.4 Å². The molecule has 2 atom stereocenters. The van der Waals surface area contributed by atoms with E-state index in [9.17, 15) is 14.0 Å². The van der Waals surface area contributed by atoms with E-state index in [2.05, 4.69) is 9.80 Å². The SMILES string of the molecule is Cl.O=C1C2CC=CCC2C(=O)N1CCCN1CCN(c2ccc(F)cc2)CC1. The molecule has 1 aromatic rings. The van der Waals surface area contributed by atoms with Gasteiger partial charge < -0.3 is 4.90 Å². The lowest BCUT2D eigenvalue weighted by Gasteiger charge is -2.36. The Morgan fingerprint density at radius 3 is 2.00 bits per heavy atom. The molecule has 4 rings (SSSR count). The van der Waals surface area contributed by atoms with Gasteiger partial charge in [-0.1, -0.05) is 12.2 Å². The highest BCUT2D eigenvalue weighted by molar-refractivity contribution is 6.05. The number of rotatable bonds is 5. The molecular weight excluding hydrogens is 381 g/mol. The number of fused-ring (bicyclic) bond motifs is 1. The molecule has 0 aromatic heterocycles. The van der Waals surface area contributed by atoms with Crippen LogP contribution in [0.5, 0.6) is 0 Å². The fourth-order valence-corrected chi connectivity index (χ4v) is 4.42. The summed E-state index contributed by atoms with van der Waals surface area (Å²) in [6.45, 7) is 5.11. The third kappa shape index (κ3) is 4.23. The summed E-state index contributed by atoms with van der Waals surface area (Å²) in [5, 5.41) is 0. The summed E-state index contributed by atoms with van der Waals surface area (Å²) in [7, 11) is 0. The lowest BCUT2D eigenvalue weighted by Crippen LogP contribution is -2.47. The molecule has 0 saturated carbocycles. The van der Waals surface area contributed by atoms with Crippen molar-refractivity contribution in [3.8, 4) is 0 Å². The average molecular weight is 408 g/mol. The number of carbonyl (C=O) groups is 2. The van der Waals surface area contributed by atoms with Crippen LogP contribution in [0, 0.1) is 17.7 Å². The van der Waals surface area contributed by atoms with Crippen LogP contribution in [0.15, 0.2) is 36.4 Å². The first-order valence-electron chi connectivity index (χ1n) is 9.86. The lowest BCUT2D eigenvalue weighted by molar-refractivity contribution is -0.140. The van der Waals surface area contributed by atoms with Gasteiger partial charge in [0.25, 0.3) is 0 Å². The molecule has 5 nitrogen and oxygen atoms in total. The summed E-state index contributed by atoms with van der Waals surface area (Å²) < 4.78 is 13.1. The molecule has 7 heteroatoms. The van der Waals surface area contributed by atoms with Crippen molar-refractivity contribution >= 4 is 29.9 Å². The molecule has 0 radical (unpaired) electrons. The van der Waals surface area contributed by atoms with Crippen LogP contribution in [0.3, 0.4) is 0 Å². The summed E-state index contributed by atoms with van der Waals surface area (Å²) in [6.07, 6.45) is 6.28. The number of anilines is 1. The van der Waals surface area contributed by atoms with E-state index in [-0.39, 0.29) is 41.9 Å². The number of piperazine rings is 1. The van der Waals surface area contributed by atoms with Gasteiger partial charge in [0.1, 0.15) is 5.82 Å². The van der Waals surface area contributed by atoms with Crippen LogP contribution in [0.25, 0.3) is 0 Å². The Balaban J connectivity index is 0.00000225. The van der Waals surface area contributed by atoms with E-state index in [4.69, 9.17) is 0 Å². The summed E-state index contributed by atoms with van der Waals surface area (Å²) in [6, 6.07) is 6.64. The Hall–Kier alpha value is -1.92.